The first-order valence-corrected chi connectivity index (χ1v) is 4.49. The zero-order valence-electron chi connectivity index (χ0n) is 7.96. The van der Waals surface area contributed by atoms with Crippen LogP contribution in [0.4, 0.5) is 0 Å². The second-order valence-electron chi connectivity index (χ2n) is 3.01. The van der Waals surface area contributed by atoms with Crippen LogP contribution in [-0.2, 0) is 0 Å². The van der Waals surface area contributed by atoms with Crippen LogP contribution in [0.3, 0.4) is 0 Å². The molecular weight excluding hydrogens is 176 g/mol. The minimum absolute atomic E-state index is 0.172. The van der Waals surface area contributed by atoms with Gasteiger partial charge in [-0.15, -0.1) is 0 Å². The van der Waals surface area contributed by atoms with Gasteiger partial charge in [0.15, 0.2) is 5.65 Å². The summed E-state index contributed by atoms with van der Waals surface area (Å²) in [4.78, 5) is 8.29. The summed E-state index contributed by atoms with van der Waals surface area (Å²) in [5.41, 5.74) is 7.61. The highest BCUT2D eigenvalue weighted by molar-refractivity contribution is 5.70. The van der Waals surface area contributed by atoms with E-state index in [4.69, 9.17) is 5.73 Å². The number of hydrogen-bond acceptors (Lipinski definition) is 3. The van der Waals surface area contributed by atoms with Gasteiger partial charge in [0.05, 0.1) is 11.8 Å². The molecule has 2 heterocycles. The maximum absolute atomic E-state index is 5.92. The van der Waals surface area contributed by atoms with Gasteiger partial charge in [0.25, 0.3) is 0 Å². The third-order valence-corrected chi connectivity index (χ3v) is 2.06. The molecule has 0 spiro atoms. The molecule has 2 N–H and O–H groups in total. The molecule has 0 bridgehead atoms. The third-order valence-electron chi connectivity index (χ3n) is 2.06. The molecule has 2 rings (SSSR count). The van der Waals surface area contributed by atoms with Crippen molar-refractivity contribution >= 4 is 11.2 Å². The van der Waals surface area contributed by atoms with Gasteiger partial charge >= 0.3 is 0 Å². The standard InChI is InChI=1S/C10H12N4/c1-2-4-9(11)14-7-13-10-8(14)5-3-6-12-10/h2-7,9H,11H2,1H3. The lowest BCUT2D eigenvalue weighted by Crippen LogP contribution is -2.14. The summed E-state index contributed by atoms with van der Waals surface area (Å²) in [6.45, 7) is 1.94. The molecule has 0 aliphatic carbocycles. The molecule has 0 saturated carbocycles. The number of nitrogens with zero attached hydrogens (tertiary/aromatic N) is 3. The largest absolute Gasteiger partial charge is 0.309 e. The van der Waals surface area contributed by atoms with Crippen molar-refractivity contribution in [2.75, 3.05) is 0 Å². The summed E-state index contributed by atoms with van der Waals surface area (Å²) in [5, 5.41) is 0. The summed E-state index contributed by atoms with van der Waals surface area (Å²) in [6, 6.07) is 3.83. The molecule has 0 aliphatic heterocycles. The first kappa shape index (κ1) is 8.90. The van der Waals surface area contributed by atoms with Gasteiger partial charge in [-0.05, 0) is 19.1 Å². The van der Waals surface area contributed by atoms with Crippen LogP contribution < -0.4 is 5.73 Å². The van der Waals surface area contributed by atoms with E-state index in [1.54, 1.807) is 12.5 Å². The monoisotopic (exact) mass is 188 g/mol. The van der Waals surface area contributed by atoms with Gasteiger partial charge in [0, 0.05) is 6.20 Å². The fourth-order valence-corrected chi connectivity index (χ4v) is 1.40. The predicted molar refractivity (Wildman–Crippen MR) is 55.6 cm³/mol. The van der Waals surface area contributed by atoms with Crippen molar-refractivity contribution in [2.24, 2.45) is 5.73 Å². The molecule has 0 saturated heterocycles. The van der Waals surface area contributed by atoms with Crippen molar-refractivity contribution in [3.05, 3.63) is 36.8 Å². The Labute approximate surface area is 82.1 Å². The van der Waals surface area contributed by atoms with Gasteiger partial charge in [-0.3, -0.25) is 0 Å². The molecule has 4 heteroatoms. The number of hydrogen-bond donors (Lipinski definition) is 1. The zero-order valence-corrected chi connectivity index (χ0v) is 7.96. The maximum Gasteiger partial charge on any atom is 0.177 e. The van der Waals surface area contributed by atoms with E-state index < -0.39 is 0 Å². The molecule has 0 aliphatic rings. The first-order valence-electron chi connectivity index (χ1n) is 4.49. The van der Waals surface area contributed by atoms with E-state index >= 15 is 0 Å². The number of aromatic nitrogens is 3. The molecule has 4 nitrogen and oxygen atoms in total. The molecule has 1 unspecified atom stereocenters. The summed E-state index contributed by atoms with van der Waals surface area (Å²) >= 11 is 0. The van der Waals surface area contributed by atoms with Crippen LogP contribution in [0.2, 0.25) is 0 Å². The molecule has 1 atom stereocenters. The minimum atomic E-state index is -0.172. The lowest BCUT2D eigenvalue weighted by molar-refractivity contribution is 0.648. The summed E-state index contributed by atoms with van der Waals surface area (Å²) < 4.78 is 1.89. The highest BCUT2D eigenvalue weighted by Gasteiger charge is 2.05. The first-order chi connectivity index (χ1) is 6.83. The highest BCUT2D eigenvalue weighted by atomic mass is 15.1. The third kappa shape index (κ3) is 1.40. The SMILES string of the molecule is CC=CC(N)n1cnc2ncccc21. The van der Waals surface area contributed by atoms with Crippen LogP contribution in [0.1, 0.15) is 13.1 Å². The predicted octanol–water partition coefficient (Wildman–Crippen LogP) is 1.46. The summed E-state index contributed by atoms with van der Waals surface area (Å²) in [6.07, 6.45) is 7.10. The van der Waals surface area contributed by atoms with Gasteiger partial charge in [-0.25, -0.2) is 9.97 Å². The van der Waals surface area contributed by atoms with Crippen LogP contribution >= 0.6 is 0 Å². The fraction of sp³-hybridized carbons (Fsp3) is 0.200. The van der Waals surface area contributed by atoms with Gasteiger partial charge in [-0.2, -0.15) is 0 Å². The Morgan fingerprint density at radius 3 is 3.14 bits per heavy atom. The van der Waals surface area contributed by atoms with Crippen molar-refractivity contribution in [2.45, 2.75) is 13.1 Å². The van der Waals surface area contributed by atoms with Gasteiger partial charge in [0.2, 0.25) is 0 Å². The van der Waals surface area contributed by atoms with Gasteiger partial charge in [-0.1, -0.05) is 12.2 Å². The number of imidazole rings is 1. The van der Waals surface area contributed by atoms with Crippen LogP contribution in [0, 0.1) is 0 Å². The van der Waals surface area contributed by atoms with Crippen LogP contribution in [0.5, 0.6) is 0 Å². The Hall–Kier alpha value is -1.68. The van der Waals surface area contributed by atoms with E-state index in [9.17, 15) is 0 Å². The highest BCUT2D eigenvalue weighted by Crippen LogP contribution is 2.12. The van der Waals surface area contributed by atoms with E-state index in [1.807, 2.05) is 35.8 Å². The van der Waals surface area contributed by atoms with Gasteiger partial charge in [0.1, 0.15) is 6.17 Å². The van der Waals surface area contributed by atoms with Crippen molar-refractivity contribution in [1.29, 1.82) is 0 Å². The second-order valence-corrected chi connectivity index (χ2v) is 3.01. The molecule has 0 aromatic carbocycles. The Bertz CT molecular complexity index is 458. The van der Waals surface area contributed by atoms with E-state index in [2.05, 4.69) is 9.97 Å². The lowest BCUT2D eigenvalue weighted by atomic mass is 10.4. The smallest absolute Gasteiger partial charge is 0.177 e. The van der Waals surface area contributed by atoms with Crippen LogP contribution in [-0.4, -0.2) is 14.5 Å². The Morgan fingerprint density at radius 1 is 1.50 bits per heavy atom. The molecular formula is C10H12N4. The van der Waals surface area contributed by atoms with Crippen molar-refractivity contribution < 1.29 is 0 Å². The molecule has 0 fully saturated rings. The van der Waals surface area contributed by atoms with Gasteiger partial charge < -0.3 is 10.3 Å². The molecule has 72 valence electrons. The topological polar surface area (TPSA) is 56.7 Å². The average molecular weight is 188 g/mol. The minimum Gasteiger partial charge on any atom is -0.309 e. The van der Waals surface area contributed by atoms with Crippen molar-refractivity contribution in [3.63, 3.8) is 0 Å². The Morgan fingerprint density at radius 2 is 2.36 bits per heavy atom. The van der Waals surface area contributed by atoms with E-state index in [-0.39, 0.29) is 6.17 Å². The zero-order chi connectivity index (χ0) is 9.97. The number of fused-ring (bicyclic) bond motifs is 1. The second kappa shape index (κ2) is 3.59. The number of pyridine rings is 1. The lowest BCUT2D eigenvalue weighted by Gasteiger charge is -2.08. The summed E-state index contributed by atoms with van der Waals surface area (Å²) in [5.74, 6) is 0. The number of allylic oxidation sites excluding steroid dienone is 1. The fourth-order valence-electron chi connectivity index (χ4n) is 1.40. The Balaban J connectivity index is 2.52. The van der Waals surface area contributed by atoms with E-state index in [0.29, 0.717) is 0 Å². The normalized spacial score (nSPS) is 13.9. The quantitative estimate of drug-likeness (QED) is 0.726. The van der Waals surface area contributed by atoms with E-state index in [0.717, 1.165) is 11.2 Å². The molecule has 0 amide bonds. The van der Waals surface area contributed by atoms with Crippen LogP contribution in [0.15, 0.2) is 36.8 Å². The molecule has 0 radical (unpaired) electrons. The van der Waals surface area contributed by atoms with Crippen LogP contribution in [0.25, 0.3) is 11.2 Å². The van der Waals surface area contributed by atoms with Crippen molar-refractivity contribution in [1.82, 2.24) is 14.5 Å². The maximum atomic E-state index is 5.92. The average Bonchev–Trinajstić information content (AvgIpc) is 2.61. The molecule has 14 heavy (non-hydrogen) atoms. The van der Waals surface area contributed by atoms with Crippen molar-refractivity contribution in [3.8, 4) is 0 Å². The molecule has 2 aromatic heterocycles. The molecule has 2 aromatic rings. The summed E-state index contributed by atoms with van der Waals surface area (Å²) in [7, 11) is 0. The number of rotatable bonds is 2. The Kier molecular flexibility index (Phi) is 2.28. The number of nitrogens with two attached hydrogens (primary N) is 1. The van der Waals surface area contributed by atoms with E-state index in [1.165, 1.54) is 0 Å².